The molecule has 0 atom stereocenters. The summed E-state index contributed by atoms with van der Waals surface area (Å²) >= 11 is 2.01. The predicted octanol–water partition coefficient (Wildman–Crippen LogP) is 2.32. The molecule has 0 aliphatic heterocycles. The number of hydrogen-bond acceptors (Lipinski definition) is 1. The number of rotatable bonds is 4. The summed E-state index contributed by atoms with van der Waals surface area (Å²) in [4.78, 5) is 0. The Kier molecular flexibility index (Phi) is 2.47. The van der Waals surface area contributed by atoms with Gasteiger partial charge in [0.05, 0.1) is 0 Å². The minimum Gasteiger partial charge on any atom is -0.158 e. The molecule has 1 saturated carbocycles. The molecule has 1 aliphatic carbocycles. The second-order valence-electron chi connectivity index (χ2n) is 2.27. The van der Waals surface area contributed by atoms with Crippen molar-refractivity contribution < 1.29 is 0 Å². The fourth-order valence-electron chi connectivity index (χ4n) is 0.603. The number of hydrogen-bond donors (Lipinski definition) is 0. The van der Waals surface area contributed by atoms with Gasteiger partial charge in [0.1, 0.15) is 0 Å². The van der Waals surface area contributed by atoms with Gasteiger partial charge in [0.15, 0.2) is 0 Å². The smallest absolute Gasteiger partial charge is 0.0110 e. The van der Waals surface area contributed by atoms with Crippen LogP contribution in [0.5, 0.6) is 0 Å². The van der Waals surface area contributed by atoms with Gasteiger partial charge >= 0.3 is 0 Å². The van der Waals surface area contributed by atoms with E-state index in [1.807, 2.05) is 17.8 Å². The maximum atomic E-state index is 3.66. The lowest BCUT2D eigenvalue weighted by Crippen LogP contribution is -1.79. The third kappa shape index (κ3) is 2.41. The van der Waals surface area contributed by atoms with E-state index in [1.54, 1.807) is 0 Å². The van der Waals surface area contributed by atoms with Crippen LogP contribution < -0.4 is 0 Å². The second kappa shape index (κ2) is 3.18. The molecule has 1 heteroatoms. The summed E-state index contributed by atoms with van der Waals surface area (Å²) in [6, 6.07) is 0. The molecule has 0 spiro atoms. The summed E-state index contributed by atoms with van der Waals surface area (Å²) in [5, 5.41) is 0. The highest BCUT2D eigenvalue weighted by Gasteiger charge is 2.19. The van der Waals surface area contributed by atoms with Crippen molar-refractivity contribution in [2.75, 3.05) is 11.5 Å². The molecular weight excluding hydrogens is 116 g/mol. The van der Waals surface area contributed by atoms with Crippen molar-refractivity contribution in [1.82, 2.24) is 0 Å². The Morgan fingerprint density at radius 3 is 2.88 bits per heavy atom. The van der Waals surface area contributed by atoms with E-state index >= 15 is 0 Å². The van der Waals surface area contributed by atoms with Gasteiger partial charge in [-0.3, -0.25) is 0 Å². The molecule has 8 heavy (non-hydrogen) atoms. The zero-order valence-corrected chi connectivity index (χ0v) is 5.91. The van der Waals surface area contributed by atoms with Crippen LogP contribution in [0.3, 0.4) is 0 Å². The Morgan fingerprint density at radius 1 is 1.62 bits per heavy atom. The van der Waals surface area contributed by atoms with Gasteiger partial charge in [0.25, 0.3) is 0 Å². The summed E-state index contributed by atoms with van der Waals surface area (Å²) in [7, 11) is 0. The van der Waals surface area contributed by atoms with Crippen molar-refractivity contribution in [3.05, 3.63) is 12.7 Å². The van der Waals surface area contributed by atoms with Crippen LogP contribution in [-0.4, -0.2) is 11.5 Å². The molecule has 1 aliphatic rings. The summed E-state index contributed by atoms with van der Waals surface area (Å²) in [5.74, 6) is 3.57. The molecule has 0 bridgehead atoms. The molecule has 0 aromatic carbocycles. The van der Waals surface area contributed by atoms with E-state index in [1.165, 1.54) is 18.6 Å². The molecular formula is C7H12S. The van der Waals surface area contributed by atoms with Crippen molar-refractivity contribution in [2.24, 2.45) is 5.92 Å². The van der Waals surface area contributed by atoms with Crippen molar-refractivity contribution in [3.8, 4) is 0 Å². The number of thioether (sulfide) groups is 1. The van der Waals surface area contributed by atoms with Crippen LogP contribution in [-0.2, 0) is 0 Å². The van der Waals surface area contributed by atoms with Gasteiger partial charge in [-0.1, -0.05) is 6.08 Å². The molecule has 0 radical (unpaired) electrons. The molecule has 0 aromatic heterocycles. The first-order chi connectivity index (χ1) is 3.93. The fraction of sp³-hybridized carbons (Fsp3) is 0.714. The van der Waals surface area contributed by atoms with Gasteiger partial charge in [-0.15, -0.1) is 6.58 Å². The SMILES string of the molecule is C=CCSCC1CC1. The summed E-state index contributed by atoms with van der Waals surface area (Å²) < 4.78 is 0. The second-order valence-corrected chi connectivity index (χ2v) is 3.34. The maximum absolute atomic E-state index is 3.66. The van der Waals surface area contributed by atoms with Crippen LogP contribution in [0.2, 0.25) is 0 Å². The van der Waals surface area contributed by atoms with E-state index in [-0.39, 0.29) is 0 Å². The van der Waals surface area contributed by atoms with Crippen LogP contribution >= 0.6 is 11.8 Å². The lowest BCUT2D eigenvalue weighted by molar-refractivity contribution is 1.00. The van der Waals surface area contributed by atoms with Crippen molar-refractivity contribution in [2.45, 2.75) is 12.8 Å². The molecule has 46 valence electrons. The van der Waals surface area contributed by atoms with Crippen molar-refractivity contribution in [1.29, 1.82) is 0 Å². The quantitative estimate of drug-likeness (QED) is 0.413. The molecule has 0 heterocycles. The van der Waals surface area contributed by atoms with Crippen molar-refractivity contribution in [3.63, 3.8) is 0 Å². The molecule has 1 fully saturated rings. The minimum absolute atomic E-state index is 1.07. The van der Waals surface area contributed by atoms with E-state index < -0.39 is 0 Å². The van der Waals surface area contributed by atoms with E-state index in [0.29, 0.717) is 0 Å². The molecule has 0 amide bonds. The van der Waals surface area contributed by atoms with Crippen LogP contribution in [0.1, 0.15) is 12.8 Å². The van der Waals surface area contributed by atoms with E-state index in [0.717, 1.165) is 11.7 Å². The Balaban J connectivity index is 1.80. The lowest BCUT2D eigenvalue weighted by atomic mass is 10.5. The van der Waals surface area contributed by atoms with Crippen LogP contribution in [0.25, 0.3) is 0 Å². The summed E-state index contributed by atoms with van der Waals surface area (Å²) in [5.41, 5.74) is 0. The van der Waals surface area contributed by atoms with Gasteiger partial charge < -0.3 is 0 Å². The Labute approximate surface area is 55.4 Å². The molecule has 0 N–H and O–H groups in total. The molecule has 0 saturated heterocycles. The monoisotopic (exact) mass is 128 g/mol. The first-order valence-electron chi connectivity index (χ1n) is 3.12. The van der Waals surface area contributed by atoms with Gasteiger partial charge in [-0.2, -0.15) is 11.8 Å². The van der Waals surface area contributed by atoms with Gasteiger partial charge in [-0.05, 0) is 24.5 Å². The average Bonchev–Trinajstić information content (AvgIpc) is 2.51. The fourth-order valence-corrected chi connectivity index (χ4v) is 1.57. The zero-order valence-electron chi connectivity index (χ0n) is 5.10. The highest BCUT2D eigenvalue weighted by Crippen LogP contribution is 2.32. The van der Waals surface area contributed by atoms with E-state index in [2.05, 4.69) is 6.58 Å². The highest BCUT2D eigenvalue weighted by atomic mass is 32.2. The molecule has 0 aromatic rings. The lowest BCUT2D eigenvalue weighted by Gasteiger charge is -1.90. The average molecular weight is 128 g/mol. The third-order valence-corrected chi connectivity index (χ3v) is 2.46. The van der Waals surface area contributed by atoms with Crippen LogP contribution in [0.15, 0.2) is 12.7 Å². The van der Waals surface area contributed by atoms with Gasteiger partial charge in [0, 0.05) is 5.75 Å². The van der Waals surface area contributed by atoms with Gasteiger partial charge in [0.2, 0.25) is 0 Å². The zero-order chi connectivity index (χ0) is 5.82. The first-order valence-corrected chi connectivity index (χ1v) is 4.27. The maximum Gasteiger partial charge on any atom is 0.0110 e. The van der Waals surface area contributed by atoms with Crippen molar-refractivity contribution >= 4 is 11.8 Å². The Hall–Kier alpha value is 0.0900. The predicted molar refractivity (Wildman–Crippen MR) is 40.2 cm³/mol. The van der Waals surface area contributed by atoms with Gasteiger partial charge in [-0.25, -0.2) is 0 Å². The van der Waals surface area contributed by atoms with Crippen LogP contribution in [0.4, 0.5) is 0 Å². The molecule has 0 unspecified atom stereocenters. The third-order valence-electron chi connectivity index (χ3n) is 1.29. The largest absolute Gasteiger partial charge is 0.158 e. The first kappa shape index (κ1) is 6.21. The normalized spacial score (nSPS) is 18.5. The molecule has 0 nitrogen and oxygen atoms in total. The standard InChI is InChI=1S/C7H12S/c1-2-5-8-6-7-3-4-7/h2,7H,1,3-6H2. The minimum atomic E-state index is 1.07. The summed E-state index contributed by atoms with van der Waals surface area (Å²) in [6.07, 6.45) is 4.93. The van der Waals surface area contributed by atoms with E-state index in [9.17, 15) is 0 Å². The van der Waals surface area contributed by atoms with Crippen LogP contribution in [0, 0.1) is 5.92 Å². The Morgan fingerprint density at radius 2 is 2.38 bits per heavy atom. The summed E-state index contributed by atoms with van der Waals surface area (Å²) in [6.45, 7) is 3.66. The van der Waals surface area contributed by atoms with E-state index in [4.69, 9.17) is 0 Å². The molecule has 1 rings (SSSR count). The topological polar surface area (TPSA) is 0 Å². The highest BCUT2D eigenvalue weighted by molar-refractivity contribution is 7.99. The Bertz CT molecular complexity index is 74.5.